The van der Waals surface area contributed by atoms with E-state index < -0.39 is 5.97 Å². The van der Waals surface area contributed by atoms with Crippen LogP contribution >= 0.6 is 35.8 Å². The van der Waals surface area contributed by atoms with Gasteiger partial charge in [-0.3, -0.25) is 9.69 Å². The van der Waals surface area contributed by atoms with E-state index in [0.717, 1.165) is 49.7 Å². The summed E-state index contributed by atoms with van der Waals surface area (Å²) in [5.41, 5.74) is 0. The van der Waals surface area contributed by atoms with E-state index in [2.05, 4.69) is 17.0 Å². The highest BCUT2D eigenvalue weighted by molar-refractivity contribution is 7.99. The molecule has 1 aromatic rings. The molecule has 0 aliphatic carbocycles. The molecule has 4 nitrogen and oxygen atoms in total. The van der Waals surface area contributed by atoms with Crippen LogP contribution < -0.4 is 0 Å². The van der Waals surface area contributed by atoms with Gasteiger partial charge in [0.2, 0.25) is 0 Å². The topological polar surface area (TPSA) is 43.8 Å². The van der Waals surface area contributed by atoms with Crippen LogP contribution in [0, 0.1) is 0 Å². The van der Waals surface area contributed by atoms with E-state index in [1.807, 2.05) is 35.8 Å². The highest BCUT2D eigenvalue weighted by Crippen LogP contribution is 2.21. The van der Waals surface area contributed by atoms with Crippen molar-refractivity contribution in [1.82, 2.24) is 9.80 Å². The Kier molecular flexibility index (Phi) is 10.1. The summed E-state index contributed by atoms with van der Waals surface area (Å²) in [5, 5.41) is 9.69. The minimum absolute atomic E-state index is 0. The Bertz CT molecular complexity index is 502. The summed E-state index contributed by atoms with van der Waals surface area (Å²) in [6.45, 7) is 3.37. The first kappa shape index (κ1) is 21.6. The van der Waals surface area contributed by atoms with Gasteiger partial charge in [-0.2, -0.15) is 0 Å². The van der Waals surface area contributed by atoms with E-state index >= 15 is 0 Å². The second-order valence-corrected chi connectivity index (χ2v) is 7.64. The first-order chi connectivity index (χ1) is 11.0. The van der Waals surface area contributed by atoms with Crippen molar-refractivity contribution in [2.45, 2.75) is 30.2 Å². The molecule has 0 amide bonds. The Morgan fingerprint density at radius 2 is 2.04 bits per heavy atom. The van der Waals surface area contributed by atoms with Gasteiger partial charge in [0, 0.05) is 28.3 Å². The Morgan fingerprint density at radius 3 is 2.71 bits per heavy atom. The number of halogens is 2. The molecule has 1 N–H and O–H groups in total. The fraction of sp³-hybridized carbons (Fsp3) is 0.588. The van der Waals surface area contributed by atoms with Crippen molar-refractivity contribution in [2.75, 3.05) is 39.0 Å². The Balaban J connectivity index is 0.00000288. The molecule has 1 atom stereocenters. The van der Waals surface area contributed by atoms with Crippen molar-refractivity contribution < 1.29 is 9.90 Å². The maximum Gasteiger partial charge on any atom is 0.317 e. The molecule has 1 aliphatic rings. The average Bonchev–Trinajstić information content (AvgIpc) is 2.74. The van der Waals surface area contributed by atoms with Gasteiger partial charge in [0.1, 0.15) is 0 Å². The zero-order chi connectivity index (χ0) is 16.7. The number of carboxylic acids is 1. The Labute approximate surface area is 159 Å². The van der Waals surface area contributed by atoms with Gasteiger partial charge in [-0.05, 0) is 63.7 Å². The smallest absolute Gasteiger partial charge is 0.317 e. The number of benzene rings is 1. The average molecular weight is 393 g/mol. The number of carboxylic acid groups (broad SMARTS) is 1. The molecule has 1 heterocycles. The van der Waals surface area contributed by atoms with Gasteiger partial charge >= 0.3 is 5.97 Å². The summed E-state index contributed by atoms with van der Waals surface area (Å²) >= 11 is 7.75. The van der Waals surface area contributed by atoms with Crippen molar-refractivity contribution in [3.05, 3.63) is 29.3 Å². The van der Waals surface area contributed by atoms with Crippen LogP contribution in [0.1, 0.15) is 19.3 Å². The number of carbonyl (C=O) groups is 1. The molecule has 0 spiro atoms. The van der Waals surface area contributed by atoms with Crippen molar-refractivity contribution >= 4 is 41.7 Å². The van der Waals surface area contributed by atoms with Crippen LogP contribution in [0.15, 0.2) is 29.2 Å². The highest BCUT2D eigenvalue weighted by Gasteiger charge is 2.21. The summed E-state index contributed by atoms with van der Waals surface area (Å²) < 4.78 is 0. The minimum Gasteiger partial charge on any atom is -0.480 e. The van der Waals surface area contributed by atoms with Crippen LogP contribution in [0.25, 0.3) is 0 Å². The first-order valence-electron chi connectivity index (χ1n) is 8.07. The molecule has 1 unspecified atom stereocenters. The lowest BCUT2D eigenvalue weighted by Crippen LogP contribution is -2.36. The predicted octanol–water partition coefficient (Wildman–Crippen LogP) is 3.72. The number of hydrogen-bond donors (Lipinski definition) is 1. The van der Waals surface area contributed by atoms with Gasteiger partial charge in [0.25, 0.3) is 0 Å². The zero-order valence-electron chi connectivity index (χ0n) is 14.0. The molecule has 1 aliphatic heterocycles. The predicted molar refractivity (Wildman–Crippen MR) is 104 cm³/mol. The van der Waals surface area contributed by atoms with E-state index in [0.29, 0.717) is 6.04 Å². The van der Waals surface area contributed by atoms with Crippen molar-refractivity contribution in [3.63, 3.8) is 0 Å². The number of aliphatic carboxylic acids is 1. The molecular weight excluding hydrogens is 367 g/mol. The molecule has 0 saturated carbocycles. The summed E-state index contributed by atoms with van der Waals surface area (Å²) in [7, 11) is 1.92. The number of rotatable bonds is 7. The molecule has 2 rings (SSSR count). The monoisotopic (exact) mass is 392 g/mol. The molecule has 1 aromatic carbocycles. The molecule has 0 radical (unpaired) electrons. The van der Waals surface area contributed by atoms with E-state index in [1.165, 1.54) is 4.90 Å². The number of likely N-dealkylation sites (N-methyl/N-ethyl adjacent to an activating group) is 1. The van der Waals surface area contributed by atoms with Crippen LogP contribution in [0.4, 0.5) is 0 Å². The normalized spacial score (nSPS) is 18.9. The molecule has 0 aromatic heterocycles. The number of likely N-dealkylation sites (tertiary alicyclic amines) is 1. The molecule has 0 bridgehead atoms. The largest absolute Gasteiger partial charge is 0.480 e. The Morgan fingerprint density at radius 1 is 1.33 bits per heavy atom. The maximum atomic E-state index is 10.8. The third kappa shape index (κ3) is 7.62. The molecule has 7 heteroatoms. The Hall–Kier alpha value is -0.460. The van der Waals surface area contributed by atoms with Crippen molar-refractivity contribution in [3.8, 4) is 0 Å². The standard InChI is InChI=1S/C17H25ClN2O2S.ClH/c1-19(13-17(21)22)15-3-2-9-20(10-8-15)11-12-23-16-6-4-14(18)5-7-16;/h4-7,15H,2-3,8-13H2,1H3,(H,21,22);1H. The van der Waals surface area contributed by atoms with Gasteiger partial charge in [0.15, 0.2) is 0 Å². The second kappa shape index (κ2) is 11.2. The number of nitrogens with zero attached hydrogens (tertiary/aromatic N) is 2. The lowest BCUT2D eigenvalue weighted by atomic mass is 10.1. The van der Waals surface area contributed by atoms with Gasteiger partial charge in [-0.25, -0.2) is 0 Å². The van der Waals surface area contributed by atoms with Gasteiger partial charge in [-0.15, -0.1) is 24.2 Å². The minimum atomic E-state index is -0.743. The van der Waals surface area contributed by atoms with Crippen LogP contribution in [0.5, 0.6) is 0 Å². The second-order valence-electron chi connectivity index (χ2n) is 6.04. The molecule has 1 saturated heterocycles. The van der Waals surface area contributed by atoms with E-state index in [-0.39, 0.29) is 19.0 Å². The van der Waals surface area contributed by atoms with E-state index in [1.54, 1.807) is 0 Å². The van der Waals surface area contributed by atoms with Gasteiger partial charge in [0.05, 0.1) is 6.54 Å². The summed E-state index contributed by atoms with van der Waals surface area (Å²) in [6.07, 6.45) is 3.28. The number of hydrogen-bond acceptors (Lipinski definition) is 4. The summed E-state index contributed by atoms with van der Waals surface area (Å²) in [5.74, 6) is 0.324. The van der Waals surface area contributed by atoms with Crippen LogP contribution in [0.2, 0.25) is 5.02 Å². The van der Waals surface area contributed by atoms with Gasteiger partial charge in [-0.1, -0.05) is 11.6 Å². The molecular formula is C17H26Cl2N2O2S. The summed E-state index contributed by atoms with van der Waals surface area (Å²) in [4.78, 5) is 16.6. The summed E-state index contributed by atoms with van der Waals surface area (Å²) in [6, 6.07) is 8.37. The fourth-order valence-electron chi connectivity index (χ4n) is 2.97. The molecule has 136 valence electrons. The quantitative estimate of drug-likeness (QED) is 0.716. The van der Waals surface area contributed by atoms with Crippen LogP contribution in [-0.4, -0.2) is 65.9 Å². The third-order valence-electron chi connectivity index (χ3n) is 4.29. The third-order valence-corrected chi connectivity index (χ3v) is 5.53. The SMILES string of the molecule is CN(CC(=O)O)C1CCCN(CCSc2ccc(Cl)cc2)CC1.Cl. The highest BCUT2D eigenvalue weighted by atomic mass is 35.5. The fourth-order valence-corrected chi connectivity index (χ4v) is 4.01. The van der Waals surface area contributed by atoms with E-state index in [9.17, 15) is 4.79 Å². The first-order valence-corrected chi connectivity index (χ1v) is 9.43. The van der Waals surface area contributed by atoms with E-state index in [4.69, 9.17) is 16.7 Å². The zero-order valence-corrected chi connectivity index (χ0v) is 16.4. The lowest BCUT2D eigenvalue weighted by Gasteiger charge is -2.25. The van der Waals surface area contributed by atoms with Gasteiger partial charge < -0.3 is 10.0 Å². The number of thioether (sulfide) groups is 1. The maximum absolute atomic E-state index is 10.8. The van der Waals surface area contributed by atoms with Crippen molar-refractivity contribution in [2.24, 2.45) is 0 Å². The lowest BCUT2D eigenvalue weighted by molar-refractivity contribution is -0.138. The molecule has 24 heavy (non-hydrogen) atoms. The molecule has 1 fully saturated rings. The van der Waals surface area contributed by atoms with Crippen LogP contribution in [0.3, 0.4) is 0 Å². The van der Waals surface area contributed by atoms with Crippen molar-refractivity contribution in [1.29, 1.82) is 0 Å². The van der Waals surface area contributed by atoms with Crippen LogP contribution in [-0.2, 0) is 4.79 Å².